The second kappa shape index (κ2) is 8.09. The molecule has 0 aliphatic heterocycles. The fourth-order valence-corrected chi connectivity index (χ4v) is 3.44. The van der Waals surface area contributed by atoms with Crippen LogP contribution >= 0.6 is 11.3 Å². The summed E-state index contributed by atoms with van der Waals surface area (Å²) in [6.07, 6.45) is 0. The van der Waals surface area contributed by atoms with Gasteiger partial charge in [0.2, 0.25) is 5.78 Å². The highest BCUT2D eigenvalue weighted by molar-refractivity contribution is 7.18. The third-order valence-electron chi connectivity index (χ3n) is 3.88. The molecule has 27 heavy (non-hydrogen) atoms. The second-order valence-electron chi connectivity index (χ2n) is 5.85. The number of nitrogens with one attached hydrogen (secondary N) is 1. The van der Waals surface area contributed by atoms with Crippen molar-refractivity contribution in [3.05, 3.63) is 58.5 Å². The number of aryl methyl sites for hydroxylation is 1. The number of thiazole rings is 1. The molecule has 0 aliphatic rings. The summed E-state index contributed by atoms with van der Waals surface area (Å²) in [7, 11) is 1.60. The molecule has 3 N–H and O–H groups in total. The van der Waals surface area contributed by atoms with Gasteiger partial charge in [-0.2, -0.15) is 0 Å². The number of nitrogens with zero attached hydrogens (tertiary/aromatic N) is 1. The van der Waals surface area contributed by atoms with Crippen LogP contribution in [-0.4, -0.2) is 24.5 Å². The van der Waals surface area contributed by atoms with Crippen LogP contribution in [0.4, 0.5) is 16.6 Å². The van der Waals surface area contributed by atoms with Crippen molar-refractivity contribution in [1.82, 2.24) is 4.98 Å². The van der Waals surface area contributed by atoms with Gasteiger partial charge >= 0.3 is 0 Å². The normalized spacial score (nSPS) is 10.5. The average molecular weight is 383 g/mol. The number of carbonyl (C=O) groups excluding carboxylic acids is 1. The van der Waals surface area contributed by atoms with Gasteiger partial charge in [-0.25, -0.2) is 4.98 Å². The molecule has 1 heterocycles. The van der Waals surface area contributed by atoms with Crippen molar-refractivity contribution in [3.8, 4) is 11.5 Å². The van der Waals surface area contributed by atoms with E-state index in [9.17, 15) is 4.79 Å². The highest BCUT2D eigenvalue weighted by atomic mass is 32.1. The number of ether oxygens (including phenoxy) is 2. The zero-order chi connectivity index (χ0) is 19.4. The first-order valence-electron chi connectivity index (χ1n) is 8.47. The van der Waals surface area contributed by atoms with Gasteiger partial charge in [0.15, 0.2) is 5.13 Å². The molecule has 6 nitrogen and oxygen atoms in total. The predicted molar refractivity (Wildman–Crippen MR) is 109 cm³/mol. The maximum atomic E-state index is 12.8. The van der Waals surface area contributed by atoms with Gasteiger partial charge < -0.3 is 20.5 Å². The Hall–Kier alpha value is -3.06. The van der Waals surface area contributed by atoms with Gasteiger partial charge in [0.05, 0.1) is 19.4 Å². The van der Waals surface area contributed by atoms with Crippen LogP contribution < -0.4 is 20.5 Å². The maximum Gasteiger partial charge on any atom is 0.206 e. The lowest BCUT2D eigenvalue weighted by atomic mass is 10.1. The van der Waals surface area contributed by atoms with Gasteiger partial charge in [-0.15, -0.1) is 0 Å². The van der Waals surface area contributed by atoms with E-state index < -0.39 is 0 Å². The maximum absolute atomic E-state index is 12.8. The van der Waals surface area contributed by atoms with Gasteiger partial charge in [0.25, 0.3) is 0 Å². The first-order valence-corrected chi connectivity index (χ1v) is 9.29. The molecule has 3 aromatic rings. The van der Waals surface area contributed by atoms with E-state index in [1.807, 2.05) is 32.0 Å². The van der Waals surface area contributed by atoms with Crippen molar-refractivity contribution >= 4 is 33.8 Å². The molecule has 3 rings (SSSR count). The molecule has 0 fully saturated rings. The van der Waals surface area contributed by atoms with Crippen LogP contribution in [0.2, 0.25) is 0 Å². The van der Waals surface area contributed by atoms with Crippen LogP contribution in [0.1, 0.15) is 27.7 Å². The molecule has 0 bridgehead atoms. The van der Waals surface area contributed by atoms with Gasteiger partial charge in [-0.05, 0) is 55.8 Å². The Kier molecular flexibility index (Phi) is 5.61. The van der Waals surface area contributed by atoms with E-state index in [-0.39, 0.29) is 11.6 Å². The van der Waals surface area contributed by atoms with E-state index in [2.05, 4.69) is 10.3 Å². The number of carbonyl (C=O) groups is 1. The number of hydrogen-bond donors (Lipinski definition) is 2. The van der Waals surface area contributed by atoms with Gasteiger partial charge in [0.1, 0.15) is 22.2 Å². The fraction of sp³-hybridized carbons (Fsp3) is 0.200. The number of nitrogens with two attached hydrogens (primary N) is 1. The molecule has 0 spiro atoms. The Balaban J connectivity index is 1.84. The van der Waals surface area contributed by atoms with Gasteiger partial charge in [0, 0.05) is 5.56 Å². The Bertz CT molecular complexity index is 952. The first kappa shape index (κ1) is 18.7. The number of nitrogen functional groups attached to an aromatic ring is 1. The largest absolute Gasteiger partial charge is 0.495 e. The molecule has 7 heteroatoms. The van der Waals surface area contributed by atoms with Crippen LogP contribution in [0.5, 0.6) is 11.5 Å². The van der Waals surface area contributed by atoms with E-state index in [4.69, 9.17) is 15.2 Å². The van der Waals surface area contributed by atoms with E-state index in [0.29, 0.717) is 27.9 Å². The number of methoxy groups -OCH3 is 1. The summed E-state index contributed by atoms with van der Waals surface area (Å²) in [6.45, 7) is 4.48. The van der Waals surface area contributed by atoms with Crippen LogP contribution in [0.25, 0.3) is 0 Å². The summed E-state index contributed by atoms with van der Waals surface area (Å²) in [5.74, 6) is 1.44. The molecular weight excluding hydrogens is 362 g/mol. The summed E-state index contributed by atoms with van der Waals surface area (Å²) in [5.41, 5.74) is 8.38. The summed E-state index contributed by atoms with van der Waals surface area (Å²) in [4.78, 5) is 17.5. The molecule has 0 saturated carbocycles. The number of ketones is 1. The zero-order valence-corrected chi connectivity index (χ0v) is 16.2. The lowest BCUT2D eigenvalue weighted by Crippen LogP contribution is -2.02. The third-order valence-corrected chi connectivity index (χ3v) is 4.87. The summed E-state index contributed by atoms with van der Waals surface area (Å²) in [5, 5.41) is 3.72. The van der Waals surface area contributed by atoms with Gasteiger partial charge in [-0.3, -0.25) is 4.79 Å². The van der Waals surface area contributed by atoms with Crippen LogP contribution in [0.3, 0.4) is 0 Å². The van der Waals surface area contributed by atoms with Crippen LogP contribution in [0.15, 0.2) is 42.5 Å². The predicted octanol–water partition coefficient (Wildman–Crippen LogP) is 4.42. The number of rotatable bonds is 7. The van der Waals surface area contributed by atoms with Crippen LogP contribution in [-0.2, 0) is 0 Å². The SMILES string of the molecule is CCOc1ccc(C(=O)c2sc(Nc3cc(C)ccc3OC)nc2N)cc1. The lowest BCUT2D eigenvalue weighted by Gasteiger charge is -2.09. The Morgan fingerprint density at radius 1 is 1.22 bits per heavy atom. The van der Waals surface area contributed by atoms with Crippen molar-refractivity contribution < 1.29 is 14.3 Å². The molecule has 0 aliphatic carbocycles. The molecule has 140 valence electrons. The summed E-state index contributed by atoms with van der Waals surface area (Å²) in [6, 6.07) is 12.8. The third kappa shape index (κ3) is 4.20. The standard InChI is InChI=1S/C20H21N3O3S/c1-4-26-14-8-6-13(7-9-14)17(24)18-19(21)23-20(27-18)22-15-11-12(2)5-10-16(15)25-3/h5-11H,4,21H2,1-3H3,(H,22,23). The van der Waals surface area contributed by atoms with E-state index in [1.165, 1.54) is 11.3 Å². The zero-order valence-electron chi connectivity index (χ0n) is 15.4. The minimum atomic E-state index is -0.169. The van der Waals surface area contributed by atoms with E-state index in [1.54, 1.807) is 31.4 Å². The minimum absolute atomic E-state index is 0.169. The summed E-state index contributed by atoms with van der Waals surface area (Å²) < 4.78 is 10.8. The fourth-order valence-electron chi connectivity index (χ4n) is 2.58. The van der Waals surface area contributed by atoms with Crippen molar-refractivity contribution in [3.63, 3.8) is 0 Å². The highest BCUT2D eigenvalue weighted by Gasteiger charge is 2.19. The molecule has 2 aromatic carbocycles. The second-order valence-corrected chi connectivity index (χ2v) is 6.85. The quantitative estimate of drug-likeness (QED) is 0.588. The Labute approximate surface area is 162 Å². The molecule has 1 aromatic heterocycles. The number of anilines is 3. The summed E-state index contributed by atoms with van der Waals surface area (Å²) >= 11 is 1.21. The van der Waals surface area contributed by atoms with Crippen molar-refractivity contribution in [2.24, 2.45) is 0 Å². The molecule has 0 saturated heterocycles. The van der Waals surface area contributed by atoms with Gasteiger partial charge in [-0.1, -0.05) is 17.4 Å². The van der Waals surface area contributed by atoms with Crippen molar-refractivity contribution in [2.75, 3.05) is 24.8 Å². The molecular formula is C20H21N3O3S. The first-order chi connectivity index (χ1) is 13.0. The molecule has 0 amide bonds. The van der Waals surface area contributed by atoms with Crippen molar-refractivity contribution in [2.45, 2.75) is 13.8 Å². The van der Waals surface area contributed by atoms with E-state index >= 15 is 0 Å². The number of aromatic nitrogens is 1. The number of hydrogen-bond acceptors (Lipinski definition) is 7. The van der Waals surface area contributed by atoms with Crippen LogP contribution in [0, 0.1) is 6.92 Å². The molecule has 0 radical (unpaired) electrons. The smallest absolute Gasteiger partial charge is 0.206 e. The highest BCUT2D eigenvalue weighted by Crippen LogP contribution is 2.33. The lowest BCUT2D eigenvalue weighted by molar-refractivity contribution is 0.104. The topological polar surface area (TPSA) is 86.5 Å². The monoisotopic (exact) mass is 383 g/mol. The number of benzene rings is 2. The Morgan fingerprint density at radius 3 is 2.63 bits per heavy atom. The Morgan fingerprint density at radius 2 is 1.96 bits per heavy atom. The van der Waals surface area contributed by atoms with E-state index in [0.717, 1.165) is 17.0 Å². The average Bonchev–Trinajstić information content (AvgIpc) is 3.02. The van der Waals surface area contributed by atoms with Crippen molar-refractivity contribution in [1.29, 1.82) is 0 Å². The molecule has 0 atom stereocenters. The molecule has 0 unspecified atom stereocenters. The minimum Gasteiger partial charge on any atom is -0.495 e.